The van der Waals surface area contributed by atoms with E-state index in [9.17, 15) is 15.0 Å². The van der Waals surface area contributed by atoms with Crippen molar-refractivity contribution in [2.45, 2.75) is 0 Å². The van der Waals surface area contributed by atoms with Crippen LogP contribution in [0.2, 0.25) is 0 Å². The fourth-order valence-corrected chi connectivity index (χ4v) is 1.63. The number of hydrogen-bond acceptors (Lipinski definition) is 4. The monoisotopic (exact) mass is 248 g/mol. The molecule has 0 bridgehead atoms. The number of ketones is 1. The highest BCUT2D eigenvalue weighted by Gasteiger charge is 2.14. The number of hydrogen-bond donors (Lipinski definition) is 2. The molecule has 0 radical (unpaired) electrons. The summed E-state index contributed by atoms with van der Waals surface area (Å²) in [6, 6.07) is 10.5. The van der Waals surface area contributed by atoms with Crippen LogP contribution < -0.4 is 4.74 Å². The Hall–Kier alpha value is -2.49. The number of phenols is 2. The fourth-order valence-electron chi connectivity index (χ4n) is 1.63. The van der Waals surface area contributed by atoms with Crippen LogP contribution in [-0.2, 0) is 0 Å². The van der Waals surface area contributed by atoms with Crippen LogP contribution in [0.15, 0.2) is 42.5 Å². The van der Waals surface area contributed by atoms with Gasteiger partial charge in [-0.1, -0.05) is 12.1 Å². The van der Waals surface area contributed by atoms with Crippen molar-refractivity contribution >= 4 is 5.78 Å². The minimum atomic E-state index is -0.327. The first-order chi connectivity index (χ1) is 8.61. The molecule has 0 aliphatic rings. The van der Waals surface area contributed by atoms with Crippen LogP contribution in [0.25, 0.3) is 0 Å². The van der Waals surface area contributed by atoms with Crippen LogP contribution in [0, 0.1) is 0 Å². The van der Waals surface area contributed by atoms with E-state index in [4.69, 9.17) is 4.74 Å². The highest BCUT2D eigenvalue weighted by Crippen LogP contribution is 2.25. The lowest BCUT2D eigenvalue weighted by Gasteiger charge is -2.06. The topological polar surface area (TPSA) is 66.8 Å². The maximum absolute atomic E-state index is 12.1. The molecule has 0 aliphatic heterocycles. The summed E-state index contributed by atoms with van der Waals surface area (Å²) >= 11 is 0. The molecule has 0 heterocycles. The second-order valence-corrected chi connectivity index (χ2v) is 3.76. The highest BCUT2D eigenvalue weighted by atomic mass is 16.5. The van der Waals surface area contributed by atoms with Crippen molar-refractivity contribution in [1.82, 2.24) is 0 Å². The zero-order valence-corrected chi connectivity index (χ0v) is 9.75. The minimum absolute atomic E-state index is 0. The van der Waals surface area contributed by atoms with E-state index in [1.807, 2.05) is 0 Å². The van der Waals surface area contributed by atoms with Gasteiger partial charge in [0.25, 0.3) is 0 Å². The maximum Gasteiger partial charge on any atom is 0.196 e. The molecule has 96 valence electrons. The second-order valence-electron chi connectivity index (χ2n) is 3.76. The Morgan fingerprint density at radius 1 is 1.17 bits per heavy atom. The molecule has 0 atom stereocenters. The Balaban J connectivity index is 0.00000180. The molecule has 2 N–H and O–H groups in total. The SMILES string of the molecule is COc1cccc(C(=O)c2ccc(O)cc2O)c1.[HH].[HH]. The Kier molecular flexibility index (Phi) is 3.19. The lowest BCUT2D eigenvalue weighted by molar-refractivity contribution is 0.103. The standard InChI is InChI=1S/C14H12O4.2H2/c1-18-11-4-2-3-9(7-11)14(17)12-6-5-10(15)8-13(12)16;;/h2-8,15-16H,1H3;2*1H. The number of carbonyl (C=O) groups excluding carboxylic acids is 1. The number of rotatable bonds is 3. The van der Waals surface area contributed by atoms with E-state index in [1.54, 1.807) is 24.3 Å². The van der Waals surface area contributed by atoms with Gasteiger partial charge in [-0.25, -0.2) is 0 Å². The van der Waals surface area contributed by atoms with Crippen molar-refractivity contribution in [1.29, 1.82) is 0 Å². The lowest BCUT2D eigenvalue weighted by Crippen LogP contribution is -2.01. The van der Waals surface area contributed by atoms with Gasteiger partial charge in [-0.2, -0.15) is 0 Å². The van der Waals surface area contributed by atoms with Gasteiger partial charge in [0.2, 0.25) is 0 Å². The Morgan fingerprint density at radius 3 is 2.61 bits per heavy atom. The highest BCUT2D eigenvalue weighted by molar-refractivity contribution is 6.10. The average Bonchev–Trinajstić information content (AvgIpc) is 2.38. The van der Waals surface area contributed by atoms with E-state index in [0.29, 0.717) is 11.3 Å². The van der Waals surface area contributed by atoms with Gasteiger partial charge in [-0.15, -0.1) is 0 Å². The molecule has 2 rings (SSSR count). The predicted molar refractivity (Wildman–Crippen MR) is 70.4 cm³/mol. The van der Waals surface area contributed by atoms with Crippen molar-refractivity contribution < 1.29 is 22.6 Å². The third-order valence-electron chi connectivity index (χ3n) is 2.56. The van der Waals surface area contributed by atoms with Crippen LogP contribution >= 0.6 is 0 Å². The third kappa shape index (κ3) is 2.27. The van der Waals surface area contributed by atoms with Gasteiger partial charge in [0.15, 0.2) is 5.78 Å². The van der Waals surface area contributed by atoms with Gasteiger partial charge in [-0.3, -0.25) is 4.79 Å². The first-order valence-corrected chi connectivity index (χ1v) is 5.32. The largest absolute Gasteiger partial charge is 0.508 e. The summed E-state index contributed by atoms with van der Waals surface area (Å²) in [5.74, 6) is -0.0944. The van der Waals surface area contributed by atoms with Gasteiger partial charge in [-0.05, 0) is 24.3 Å². The fraction of sp³-hybridized carbons (Fsp3) is 0.0714. The van der Waals surface area contributed by atoms with Crippen molar-refractivity contribution in [3.8, 4) is 17.2 Å². The normalized spacial score (nSPS) is 10.1. The summed E-state index contributed by atoms with van der Waals surface area (Å²) in [6.07, 6.45) is 0. The van der Waals surface area contributed by atoms with Crippen molar-refractivity contribution in [3.63, 3.8) is 0 Å². The van der Waals surface area contributed by atoms with Crippen LogP contribution in [-0.4, -0.2) is 23.1 Å². The van der Waals surface area contributed by atoms with E-state index < -0.39 is 0 Å². The van der Waals surface area contributed by atoms with E-state index in [2.05, 4.69) is 0 Å². The van der Waals surface area contributed by atoms with Gasteiger partial charge >= 0.3 is 0 Å². The van der Waals surface area contributed by atoms with E-state index in [-0.39, 0.29) is 25.7 Å². The zero-order chi connectivity index (χ0) is 13.1. The van der Waals surface area contributed by atoms with Crippen molar-refractivity contribution in [3.05, 3.63) is 53.6 Å². The van der Waals surface area contributed by atoms with Crippen molar-refractivity contribution in [2.75, 3.05) is 7.11 Å². The first kappa shape index (κ1) is 12.0. The zero-order valence-electron chi connectivity index (χ0n) is 9.75. The number of phenolic OH excluding ortho intramolecular Hbond substituents is 2. The summed E-state index contributed by atoms with van der Waals surface area (Å²) < 4.78 is 5.04. The molecule has 0 saturated carbocycles. The van der Waals surface area contributed by atoms with Gasteiger partial charge in [0.1, 0.15) is 17.2 Å². The molecule has 0 fully saturated rings. The molecule has 4 nitrogen and oxygen atoms in total. The van der Waals surface area contributed by atoms with E-state index in [1.165, 1.54) is 19.2 Å². The predicted octanol–water partition coefficient (Wildman–Crippen LogP) is 2.83. The Bertz CT molecular complexity index is 599. The second kappa shape index (κ2) is 4.79. The average molecular weight is 248 g/mol. The van der Waals surface area contributed by atoms with Crippen molar-refractivity contribution in [2.24, 2.45) is 0 Å². The maximum atomic E-state index is 12.1. The van der Waals surface area contributed by atoms with E-state index in [0.717, 1.165) is 6.07 Å². The summed E-state index contributed by atoms with van der Waals surface area (Å²) in [5, 5.41) is 18.8. The molecule has 0 saturated heterocycles. The molecule has 0 spiro atoms. The molecular weight excluding hydrogens is 232 g/mol. The molecule has 4 heteroatoms. The lowest BCUT2D eigenvalue weighted by atomic mass is 10.0. The molecule has 0 unspecified atom stereocenters. The Labute approximate surface area is 107 Å². The van der Waals surface area contributed by atoms with Crippen LogP contribution in [0.4, 0.5) is 0 Å². The number of benzene rings is 2. The number of methoxy groups -OCH3 is 1. The summed E-state index contributed by atoms with van der Waals surface area (Å²) in [5.41, 5.74) is 0.552. The van der Waals surface area contributed by atoms with E-state index >= 15 is 0 Å². The quantitative estimate of drug-likeness (QED) is 0.820. The molecule has 0 amide bonds. The summed E-state index contributed by atoms with van der Waals surface area (Å²) in [6.45, 7) is 0. The summed E-state index contributed by atoms with van der Waals surface area (Å²) in [4.78, 5) is 12.1. The summed E-state index contributed by atoms with van der Waals surface area (Å²) in [7, 11) is 1.52. The molecule has 18 heavy (non-hydrogen) atoms. The minimum Gasteiger partial charge on any atom is -0.508 e. The smallest absolute Gasteiger partial charge is 0.196 e. The van der Waals surface area contributed by atoms with Crippen LogP contribution in [0.3, 0.4) is 0 Å². The number of ether oxygens (including phenoxy) is 1. The molecule has 0 aliphatic carbocycles. The number of aromatic hydroxyl groups is 2. The van der Waals surface area contributed by atoms with Crippen LogP contribution in [0.5, 0.6) is 17.2 Å². The van der Waals surface area contributed by atoms with Gasteiger partial charge in [0.05, 0.1) is 12.7 Å². The molecule has 0 aromatic heterocycles. The Morgan fingerprint density at radius 2 is 1.94 bits per heavy atom. The first-order valence-electron chi connectivity index (χ1n) is 5.32. The molecule has 2 aromatic carbocycles. The van der Waals surface area contributed by atoms with Crippen LogP contribution in [0.1, 0.15) is 18.8 Å². The van der Waals surface area contributed by atoms with Gasteiger partial charge in [0, 0.05) is 14.5 Å². The van der Waals surface area contributed by atoms with Gasteiger partial charge < -0.3 is 14.9 Å². The number of carbonyl (C=O) groups is 1. The molecule has 2 aromatic rings. The third-order valence-corrected chi connectivity index (χ3v) is 2.56. The molecular formula is C14H16O4.